The zero-order chi connectivity index (χ0) is 10.6. The molecule has 0 aromatic heterocycles. The molecule has 0 aromatic rings. The van der Waals surface area contributed by atoms with Crippen LogP contribution in [0.4, 0.5) is 0 Å². The largest absolute Gasteiger partial charge is 0.359 e. The number of aliphatic imine (C=N–C) groups is 1. The van der Waals surface area contributed by atoms with Crippen molar-refractivity contribution in [1.29, 1.82) is 0 Å². The van der Waals surface area contributed by atoms with Crippen molar-refractivity contribution in [1.82, 2.24) is 4.90 Å². The molecule has 1 aliphatic rings. The molecule has 0 bridgehead atoms. The average molecular weight is 208 g/mol. The highest BCUT2D eigenvalue weighted by molar-refractivity contribution is 8.06. The van der Waals surface area contributed by atoms with E-state index in [1.54, 1.807) is 11.8 Å². The Morgan fingerprint density at radius 3 is 3.00 bits per heavy atom. The van der Waals surface area contributed by atoms with Crippen LogP contribution in [0.3, 0.4) is 0 Å². The van der Waals surface area contributed by atoms with Crippen molar-refractivity contribution in [3.63, 3.8) is 0 Å². The molecule has 0 saturated heterocycles. The zero-order valence-electron chi connectivity index (χ0n) is 8.90. The first-order valence-corrected chi connectivity index (χ1v) is 5.38. The van der Waals surface area contributed by atoms with Crippen LogP contribution in [0.25, 0.3) is 0 Å². The fourth-order valence-corrected chi connectivity index (χ4v) is 1.65. The molecule has 14 heavy (non-hydrogen) atoms. The summed E-state index contributed by atoms with van der Waals surface area (Å²) in [6.45, 7) is 8.08. The van der Waals surface area contributed by atoms with Crippen molar-refractivity contribution in [3.05, 3.63) is 34.7 Å². The Kier molecular flexibility index (Phi) is 4.01. The highest BCUT2D eigenvalue weighted by Gasteiger charge is 2.02. The summed E-state index contributed by atoms with van der Waals surface area (Å²) in [4.78, 5) is 8.68. The molecule has 0 amide bonds. The highest BCUT2D eigenvalue weighted by Crippen LogP contribution is 2.24. The lowest BCUT2D eigenvalue weighted by molar-refractivity contribution is 0.364. The van der Waals surface area contributed by atoms with Crippen LogP contribution in [0.5, 0.6) is 0 Å². The molecule has 1 heterocycles. The van der Waals surface area contributed by atoms with E-state index in [2.05, 4.69) is 30.3 Å². The van der Waals surface area contributed by atoms with Gasteiger partial charge in [0.2, 0.25) is 0 Å². The van der Waals surface area contributed by atoms with Crippen molar-refractivity contribution >= 4 is 18.0 Å². The summed E-state index contributed by atoms with van der Waals surface area (Å²) < 4.78 is 0. The molecule has 1 aliphatic heterocycles. The molecule has 0 radical (unpaired) electrons. The van der Waals surface area contributed by atoms with Crippen LogP contribution in [0.1, 0.15) is 13.8 Å². The lowest BCUT2D eigenvalue weighted by atomic mass is 10.4. The maximum absolute atomic E-state index is 4.37. The van der Waals surface area contributed by atoms with E-state index in [1.165, 1.54) is 4.91 Å². The fourth-order valence-electron chi connectivity index (χ4n) is 0.978. The second kappa shape index (κ2) is 5.05. The number of thioether (sulfide) groups is 1. The molecule has 76 valence electrons. The van der Waals surface area contributed by atoms with Gasteiger partial charge in [0.15, 0.2) is 0 Å². The minimum atomic E-state index is 0.172. The van der Waals surface area contributed by atoms with Crippen molar-refractivity contribution < 1.29 is 0 Å². The molecule has 0 saturated carbocycles. The van der Waals surface area contributed by atoms with Gasteiger partial charge in [-0.05, 0) is 30.9 Å². The van der Waals surface area contributed by atoms with Crippen LogP contribution in [0, 0.1) is 0 Å². The molecule has 2 nitrogen and oxygen atoms in total. The second-order valence-corrected chi connectivity index (χ2v) is 4.63. The van der Waals surface area contributed by atoms with E-state index in [-0.39, 0.29) is 6.17 Å². The van der Waals surface area contributed by atoms with E-state index in [0.717, 1.165) is 4.91 Å². The smallest absolute Gasteiger partial charge is 0.117 e. The van der Waals surface area contributed by atoms with Crippen LogP contribution in [-0.4, -0.2) is 24.3 Å². The van der Waals surface area contributed by atoms with Gasteiger partial charge in [-0.3, -0.25) is 4.99 Å². The van der Waals surface area contributed by atoms with E-state index in [4.69, 9.17) is 0 Å². The lowest BCUT2D eigenvalue weighted by Crippen LogP contribution is -2.21. The van der Waals surface area contributed by atoms with Gasteiger partial charge >= 0.3 is 0 Å². The molecule has 1 rings (SSSR count). The summed E-state index contributed by atoms with van der Waals surface area (Å²) in [7, 11) is 2.01. The third kappa shape index (κ3) is 3.42. The van der Waals surface area contributed by atoms with Gasteiger partial charge in [-0.25, -0.2) is 0 Å². The molecular formula is C11H16N2S. The van der Waals surface area contributed by atoms with Crippen molar-refractivity contribution in [2.24, 2.45) is 4.99 Å². The first-order chi connectivity index (χ1) is 6.59. The van der Waals surface area contributed by atoms with Crippen LogP contribution >= 0.6 is 11.8 Å². The summed E-state index contributed by atoms with van der Waals surface area (Å²) in [5.74, 6) is 0. The van der Waals surface area contributed by atoms with Gasteiger partial charge in [0.1, 0.15) is 6.17 Å². The Labute approximate surface area is 90.1 Å². The third-order valence-corrected chi connectivity index (χ3v) is 2.84. The van der Waals surface area contributed by atoms with Crippen molar-refractivity contribution in [2.75, 3.05) is 7.05 Å². The van der Waals surface area contributed by atoms with Crippen LogP contribution < -0.4 is 0 Å². The Balaban J connectivity index is 2.87. The number of rotatable bonds is 0. The summed E-state index contributed by atoms with van der Waals surface area (Å²) >= 11 is 1.66. The Hall–Kier alpha value is -0.960. The quantitative estimate of drug-likeness (QED) is 0.608. The van der Waals surface area contributed by atoms with E-state index in [0.29, 0.717) is 0 Å². The molecule has 0 spiro atoms. The SMILES string of the molecule is C=C1/C=C\N(C)C(C)/N=C\C=C(/C)S1. The van der Waals surface area contributed by atoms with Gasteiger partial charge in [-0.2, -0.15) is 0 Å². The maximum atomic E-state index is 4.37. The van der Waals surface area contributed by atoms with E-state index in [1.807, 2.05) is 31.6 Å². The third-order valence-electron chi connectivity index (χ3n) is 1.99. The second-order valence-electron chi connectivity index (χ2n) is 3.26. The van der Waals surface area contributed by atoms with Gasteiger partial charge in [0.25, 0.3) is 0 Å². The fraction of sp³-hybridized carbons (Fsp3) is 0.364. The molecular weight excluding hydrogens is 192 g/mol. The van der Waals surface area contributed by atoms with Gasteiger partial charge in [0, 0.05) is 24.4 Å². The predicted octanol–water partition coefficient (Wildman–Crippen LogP) is 3.01. The maximum Gasteiger partial charge on any atom is 0.117 e. The Morgan fingerprint density at radius 1 is 1.57 bits per heavy atom. The van der Waals surface area contributed by atoms with Crippen LogP contribution in [-0.2, 0) is 0 Å². The van der Waals surface area contributed by atoms with Gasteiger partial charge in [0.05, 0.1) is 0 Å². The molecule has 1 atom stereocenters. The topological polar surface area (TPSA) is 15.6 Å². The Bertz CT molecular complexity index is 302. The minimum absolute atomic E-state index is 0.172. The van der Waals surface area contributed by atoms with Gasteiger partial charge < -0.3 is 4.90 Å². The predicted molar refractivity (Wildman–Crippen MR) is 65.3 cm³/mol. The first-order valence-electron chi connectivity index (χ1n) is 4.56. The number of nitrogens with zero attached hydrogens (tertiary/aromatic N) is 2. The number of hydrogen-bond acceptors (Lipinski definition) is 3. The standard InChI is InChI=1S/C11H16N2S/c1-9-5-7-12-11(3)13(4)8-6-10(2)14-9/h5-8,11H,2H2,1,3-4H3/b8-6-,9-5+,12-7-. The van der Waals surface area contributed by atoms with E-state index >= 15 is 0 Å². The molecule has 3 heteroatoms. The monoisotopic (exact) mass is 208 g/mol. The van der Waals surface area contributed by atoms with Gasteiger partial charge in [-0.15, -0.1) is 0 Å². The van der Waals surface area contributed by atoms with Crippen LogP contribution in [0.15, 0.2) is 39.7 Å². The summed E-state index contributed by atoms with van der Waals surface area (Å²) in [6, 6.07) is 0. The molecule has 0 N–H and O–H groups in total. The highest BCUT2D eigenvalue weighted by atomic mass is 32.2. The Morgan fingerprint density at radius 2 is 2.29 bits per heavy atom. The molecule has 1 unspecified atom stereocenters. The van der Waals surface area contributed by atoms with Gasteiger partial charge in [-0.1, -0.05) is 18.3 Å². The normalized spacial score (nSPS) is 31.9. The number of hydrogen-bond donors (Lipinski definition) is 0. The summed E-state index contributed by atoms with van der Waals surface area (Å²) in [5, 5.41) is 0. The lowest BCUT2D eigenvalue weighted by Gasteiger charge is -2.19. The van der Waals surface area contributed by atoms with E-state index in [9.17, 15) is 0 Å². The van der Waals surface area contributed by atoms with Crippen molar-refractivity contribution in [3.8, 4) is 0 Å². The first kappa shape index (κ1) is 11.1. The molecule has 0 aromatic carbocycles. The molecule has 0 fully saturated rings. The minimum Gasteiger partial charge on any atom is -0.359 e. The average Bonchev–Trinajstić information content (AvgIpc) is 2.12. The van der Waals surface area contributed by atoms with Crippen LogP contribution in [0.2, 0.25) is 0 Å². The van der Waals surface area contributed by atoms with Crippen molar-refractivity contribution in [2.45, 2.75) is 20.0 Å². The van der Waals surface area contributed by atoms with E-state index < -0.39 is 0 Å². The summed E-state index contributed by atoms with van der Waals surface area (Å²) in [5.41, 5.74) is 0. The summed E-state index contributed by atoms with van der Waals surface area (Å²) in [6.07, 6.45) is 8.07. The molecule has 0 aliphatic carbocycles. The zero-order valence-corrected chi connectivity index (χ0v) is 9.71. The number of allylic oxidation sites excluding steroid dienone is 3.